The van der Waals surface area contributed by atoms with Gasteiger partial charge in [-0.1, -0.05) is 6.92 Å². The maximum Gasteiger partial charge on any atom is 0.264 e. The third kappa shape index (κ3) is 9.75. The maximum absolute atomic E-state index is 10.6. The van der Waals surface area contributed by atoms with Gasteiger partial charge < -0.3 is 9.47 Å². The quantitative estimate of drug-likeness (QED) is 0.343. The van der Waals surface area contributed by atoms with E-state index in [1.54, 1.807) is 0 Å². The van der Waals surface area contributed by atoms with Crippen LogP contribution in [0.5, 0.6) is 0 Å². The Balaban J connectivity index is 3.46. The van der Waals surface area contributed by atoms with Crippen LogP contribution in [0.1, 0.15) is 6.92 Å². The lowest BCUT2D eigenvalue weighted by Crippen LogP contribution is -2.16. The molecule has 0 radical (unpaired) electrons. The third-order valence-electron chi connectivity index (χ3n) is 1.17. The van der Waals surface area contributed by atoms with Crippen molar-refractivity contribution in [1.82, 2.24) is 0 Å². The van der Waals surface area contributed by atoms with Crippen LogP contribution >= 0.6 is 0 Å². The molecule has 0 aromatic rings. The van der Waals surface area contributed by atoms with Crippen molar-refractivity contribution in [2.45, 2.75) is 6.92 Å². The normalized spacial score (nSPS) is 14.4. The van der Waals surface area contributed by atoms with Gasteiger partial charge in [0.05, 0.1) is 19.5 Å². The van der Waals surface area contributed by atoms with Gasteiger partial charge in [0, 0.05) is 13.0 Å². The van der Waals surface area contributed by atoms with Crippen molar-refractivity contribution in [2.75, 3.05) is 33.4 Å². The highest BCUT2D eigenvalue weighted by Gasteiger charge is 2.07. The Morgan fingerprint density at radius 2 is 1.92 bits per heavy atom. The average Bonchev–Trinajstić information content (AvgIpc) is 2.00. The predicted molar refractivity (Wildman–Crippen MR) is 47.8 cm³/mol. The molecule has 0 aromatic heterocycles. The monoisotopic (exact) mass is 212 g/mol. The van der Waals surface area contributed by atoms with Crippen molar-refractivity contribution in [1.29, 1.82) is 0 Å². The van der Waals surface area contributed by atoms with Crippen LogP contribution in [0, 0.1) is 5.92 Å². The fourth-order valence-corrected chi connectivity index (χ4v) is 1.10. The van der Waals surface area contributed by atoms with Crippen molar-refractivity contribution in [3.05, 3.63) is 0 Å². The van der Waals surface area contributed by atoms with Crippen molar-refractivity contribution >= 4 is 10.1 Å². The lowest BCUT2D eigenvalue weighted by molar-refractivity contribution is -0.0452. The molecule has 0 aromatic carbocycles. The van der Waals surface area contributed by atoms with Crippen LogP contribution in [0.15, 0.2) is 0 Å². The van der Waals surface area contributed by atoms with Gasteiger partial charge in [-0.05, 0) is 0 Å². The molecule has 0 unspecified atom stereocenters. The van der Waals surface area contributed by atoms with Crippen LogP contribution in [0.3, 0.4) is 0 Å². The highest BCUT2D eigenvalue weighted by atomic mass is 32.2. The summed E-state index contributed by atoms with van der Waals surface area (Å²) in [5.41, 5.74) is 0. The minimum atomic E-state index is -3.34. The van der Waals surface area contributed by atoms with Gasteiger partial charge in [0.1, 0.15) is 6.79 Å². The Kier molecular flexibility index (Phi) is 6.23. The van der Waals surface area contributed by atoms with E-state index in [-0.39, 0.29) is 19.3 Å². The number of methoxy groups -OCH3 is 1. The molecule has 0 fully saturated rings. The van der Waals surface area contributed by atoms with Crippen LogP contribution in [0.25, 0.3) is 0 Å². The second-order valence-corrected chi connectivity index (χ2v) is 4.52. The van der Waals surface area contributed by atoms with Crippen LogP contribution in [-0.4, -0.2) is 41.8 Å². The highest BCUT2D eigenvalue weighted by molar-refractivity contribution is 7.85. The summed E-state index contributed by atoms with van der Waals surface area (Å²) in [6.07, 6.45) is 1.02. The molecule has 0 heterocycles. The lowest BCUT2D eigenvalue weighted by Gasteiger charge is -2.10. The number of rotatable bonds is 7. The van der Waals surface area contributed by atoms with E-state index in [0.29, 0.717) is 6.61 Å². The molecule has 0 saturated heterocycles. The summed E-state index contributed by atoms with van der Waals surface area (Å²) >= 11 is 0. The van der Waals surface area contributed by atoms with Crippen LogP contribution < -0.4 is 0 Å². The standard InChI is InChI=1S/C7H16O5S/c1-7(4-11-6-10-2)5-12-13(3,8)9/h7H,4-6H2,1-3H3/t7-/m0/s1. The molecular weight excluding hydrogens is 196 g/mol. The highest BCUT2D eigenvalue weighted by Crippen LogP contribution is 1.99. The Morgan fingerprint density at radius 3 is 2.38 bits per heavy atom. The van der Waals surface area contributed by atoms with Gasteiger partial charge in [0.25, 0.3) is 10.1 Å². The van der Waals surface area contributed by atoms with E-state index in [1.165, 1.54) is 7.11 Å². The predicted octanol–water partition coefficient (Wildman–Crippen LogP) is 0.219. The van der Waals surface area contributed by atoms with Crippen molar-refractivity contribution < 1.29 is 22.1 Å². The number of ether oxygens (including phenoxy) is 2. The molecule has 0 aliphatic heterocycles. The average molecular weight is 212 g/mol. The fourth-order valence-electron chi connectivity index (χ4n) is 0.620. The SMILES string of the molecule is COCOC[C@H](C)COS(C)(=O)=O. The van der Waals surface area contributed by atoms with Crippen LogP contribution in [0.2, 0.25) is 0 Å². The second-order valence-electron chi connectivity index (χ2n) is 2.87. The van der Waals surface area contributed by atoms with Crippen molar-refractivity contribution in [3.63, 3.8) is 0 Å². The smallest absolute Gasteiger partial charge is 0.264 e. The van der Waals surface area contributed by atoms with E-state index in [2.05, 4.69) is 8.92 Å². The molecule has 0 rings (SSSR count). The maximum atomic E-state index is 10.6. The van der Waals surface area contributed by atoms with E-state index < -0.39 is 10.1 Å². The topological polar surface area (TPSA) is 61.8 Å². The molecule has 6 heteroatoms. The van der Waals surface area contributed by atoms with Crippen molar-refractivity contribution in [3.8, 4) is 0 Å². The van der Waals surface area contributed by atoms with E-state index >= 15 is 0 Å². The minimum absolute atomic E-state index is 0.0323. The summed E-state index contributed by atoms with van der Waals surface area (Å²) < 4.78 is 35.4. The molecule has 0 bridgehead atoms. The fraction of sp³-hybridized carbons (Fsp3) is 1.00. The summed E-state index contributed by atoms with van der Waals surface area (Å²) in [5, 5.41) is 0. The van der Waals surface area contributed by atoms with E-state index in [1.807, 2.05) is 6.92 Å². The lowest BCUT2D eigenvalue weighted by atomic mass is 10.2. The molecule has 0 amide bonds. The Hall–Kier alpha value is -0.170. The van der Waals surface area contributed by atoms with Crippen LogP contribution in [-0.2, 0) is 23.8 Å². The molecule has 0 aliphatic rings. The molecule has 5 nitrogen and oxygen atoms in total. The Morgan fingerprint density at radius 1 is 1.31 bits per heavy atom. The molecule has 0 aliphatic carbocycles. The van der Waals surface area contributed by atoms with E-state index in [9.17, 15) is 8.42 Å². The summed E-state index contributed by atoms with van der Waals surface area (Å²) in [5.74, 6) is 0.0323. The van der Waals surface area contributed by atoms with Gasteiger partial charge in [-0.25, -0.2) is 0 Å². The zero-order valence-electron chi connectivity index (χ0n) is 8.15. The first-order chi connectivity index (χ1) is 5.95. The van der Waals surface area contributed by atoms with E-state index in [4.69, 9.17) is 4.74 Å². The Labute approximate surface area is 79.1 Å². The largest absolute Gasteiger partial charge is 0.359 e. The minimum Gasteiger partial charge on any atom is -0.359 e. The summed E-state index contributed by atoms with van der Waals surface area (Å²) in [6, 6.07) is 0. The van der Waals surface area contributed by atoms with Crippen LogP contribution in [0.4, 0.5) is 0 Å². The van der Waals surface area contributed by atoms with Gasteiger partial charge in [-0.15, -0.1) is 0 Å². The first-order valence-electron chi connectivity index (χ1n) is 3.87. The van der Waals surface area contributed by atoms with Gasteiger partial charge in [-0.3, -0.25) is 4.18 Å². The molecule has 1 atom stereocenters. The molecule has 0 spiro atoms. The molecular formula is C7H16O5S. The number of hydrogen-bond donors (Lipinski definition) is 0. The van der Waals surface area contributed by atoms with Gasteiger partial charge in [0.2, 0.25) is 0 Å². The second kappa shape index (κ2) is 6.31. The Bertz CT molecular complexity index is 211. The van der Waals surface area contributed by atoms with Gasteiger partial charge in [-0.2, -0.15) is 8.42 Å². The third-order valence-corrected chi connectivity index (χ3v) is 1.73. The summed E-state index contributed by atoms with van der Waals surface area (Å²) in [4.78, 5) is 0. The van der Waals surface area contributed by atoms with E-state index in [0.717, 1.165) is 6.26 Å². The molecule has 0 saturated carbocycles. The van der Waals surface area contributed by atoms with Gasteiger partial charge >= 0.3 is 0 Å². The number of hydrogen-bond acceptors (Lipinski definition) is 5. The molecule has 13 heavy (non-hydrogen) atoms. The molecule has 0 N–H and O–H groups in total. The summed E-state index contributed by atoms with van der Waals surface area (Å²) in [7, 11) is -1.81. The first kappa shape index (κ1) is 12.8. The molecule has 80 valence electrons. The first-order valence-corrected chi connectivity index (χ1v) is 5.68. The van der Waals surface area contributed by atoms with Crippen molar-refractivity contribution in [2.24, 2.45) is 5.92 Å². The van der Waals surface area contributed by atoms with Gasteiger partial charge in [0.15, 0.2) is 0 Å². The zero-order valence-corrected chi connectivity index (χ0v) is 8.96. The summed E-state index contributed by atoms with van der Waals surface area (Å²) in [6.45, 7) is 2.61. The zero-order chi connectivity index (χ0) is 10.3.